The van der Waals surface area contributed by atoms with Gasteiger partial charge in [-0.15, -0.1) is 0 Å². The summed E-state index contributed by atoms with van der Waals surface area (Å²) in [7, 11) is 0. The smallest absolute Gasteiger partial charge is 0.339 e. The van der Waals surface area contributed by atoms with E-state index in [0.717, 1.165) is 18.4 Å². The van der Waals surface area contributed by atoms with Gasteiger partial charge >= 0.3 is 17.9 Å². The summed E-state index contributed by atoms with van der Waals surface area (Å²) >= 11 is 0. The molecule has 6 atom stereocenters. The van der Waals surface area contributed by atoms with Gasteiger partial charge in [0.2, 0.25) is 0 Å². The molecule has 0 aromatic heterocycles. The van der Waals surface area contributed by atoms with E-state index in [-0.39, 0.29) is 61.2 Å². The van der Waals surface area contributed by atoms with E-state index < -0.39 is 17.9 Å². The Hall–Kier alpha value is -2.41. The molecule has 0 aliphatic heterocycles. The topological polar surface area (TPSA) is 88.1 Å². The van der Waals surface area contributed by atoms with E-state index in [9.17, 15) is 14.4 Å². The zero-order valence-corrected chi connectivity index (χ0v) is 19.9. The maximum atomic E-state index is 13.4. The standard InChI is InChI=1S/C26H34O7/c1-5-30-13-18-19-16-12-17(15-11-9-10-14(15)16)20(19)22(25(28)32-7-3)23(26(29)33-8-4)21(18)24(27)31-6-2/h9-10,14-17,19-20H,5-8,11-13H2,1-4H3/t14-,15+,16+,17-,19?,20?/m0/s1. The van der Waals surface area contributed by atoms with Gasteiger partial charge in [-0.25, -0.2) is 14.4 Å². The van der Waals surface area contributed by atoms with Crippen LogP contribution in [0.5, 0.6) is 0 Å². The summed E-state index contributed by atoms with van der Waals surface area (Å²) in [6.45, 7) is 8.22. The summed E-state index contributed by atoms with van der Waals surface area (Å²) in [5.41, 5.74) is 1.21. The number of carbonyl (C=O) groups is 3. The lowest BCUT2D eigenvalue weighted by Crippen LogP contribution is -2.43. The number of hydrogen-bond donors (Lipinski definition) is 0. The molecule has 2 saturated carbocycles. The van der Waals surface area contributed by atoms with Crippen LogP contribution in [0.15, 0.2) is 34.4 Å². The van der Waals surface area contributed by atoms with Gasteiger partial charge in [0.1, 0.15) is 0 Å². The van der Waals surface area contributed by atoms with Crippen LogP contribution in [0.3, 0.4) is 0 Å². The molecule has 0 heterocycles. The maximum absolute atomic E-state index is 13.4. The van der Waals surface area contributed by atoms with Gasteiger partial charge < -0.3 is 18.9 Å². The van der Waals surface area contributed by atoms with Gasteiger partial charge in [-0.1, -0.05) is 12.2 Å². The normalized spacial score (nSPS) is 31.5. The maximum Gasteiger partial charge on any atom is 0.339 e. The van der Waals surface area contributed by atoms with E-state index in [1.165, 1.54) is 0 Å². The van der Waals surface area contributed by atoms with Crippen molar-refractivity contribution in [3.8, 4) is 0 Å². The highest BCUT2D eigenvalue weighted by Crippen LogP contribution is 2.67. The van der Waals surface area contributed by atoms with Crippen molar-refractivity contribution in [1.29, 1.82) is 0 Å². The Morgan fingerprint density at radius 3 is 2.06 bits per heavy atom. The fourth-order valence-electron chi connectivity index (χ4n) is 6.77. The molecule has 2 unspecified atom stereocenters. The third-order valence-electron chi connectivity index (χ3n) is 7.65. The van der Waals surface area contributed by atoms with Crippen molar-refractivity contribution in [1.82, 2.24) is 0 Å². The van der Waals surface area contributed by atoms with Gasteiger partial charge in [-0.2, -0.15) is 0 Å². The molecular formula is C26H34O7. The first-order valence-corrected chi connectivity index (χ1v) is 12.2. The Morgan fingerprint density at radius 1 is 0.788 bits per heavy atom. The number of ether oxygens (including phenoxy) is 4. The average Bonchev–Trinajstić information content (AvgIpc) is 3.49. The van der Waals surface area contributed by atoms with Crippen LogP contribution in [-0.4, -0.2) is 50.9 Å². The molecule has 33 heavy (non-hydrogen) atoms. The molecule has 4 aliphatic rings. The van der Waals surface area contributed by atoms with Gasteiger partial charge in [-0.05, 0) is 75.7 Å². The van der Waals surface area contributed by atoms with E-state index in [1.807, 2.05) is 6.92 Å². The van der Waals surface area contributed by atoms with Crippen LogP contribution in [0.1, 0.15) is 40.5 Å². The number of fused-ring (bicyclic) bond motifs is 8. The number of allylic oxidation sites excluding steroid dienone is 2. The van der Waals surface area contributed by atoms with Gasteiger partial charge in [0.05, 0.1) is 43.1 Å². The van der Waals surface area contributed by atoms with Crippen molar-refractivity contribution < 1.29 is 33.3 Å². The Morgan fingerprint density at radius 2 is 1.42 bits per heavy atom. The third-order valence-corrected chi connectivity index (χ3v) is 7.65. The lowest BCUT2D eigenvalue weighted by atomic mass is 9.60. The highest BCUT2D eigenvalue weighted by molar-refractivity contribution is 6.13. The van der Waals surface area contributed by atoms with Gasteiger partial charge in [0.15, 0.2) is 0 Å². The van der Waals surface area contributed by atoms with Crippen LogP contribution in [0.2, 0.25) is 0 Å². The van der Waals surface area contributed by atoms with Crippen LogP contribution in [-0.2, 0) is 33.3 Å². The molecule has 0 radical (unpaired) electrons. The number of hydrogen-bond acceptors (Lipinski definition) is 7. The highest BCUT2D eigenvalue weighted by atomic mass is 16.5. The molecule has 0 N–H and O–H groups in total. The van der Waals surface area contributed by atoms with Crippen LogP contribution in [0.4, 0.5) is 0 Å². The second-order valence-electron chi connectivity index (χ2n) is 9.01. The van der Waals surface area contributed by atoms with E-state index in [1.54, 1.807) is 20.8 Å². The molecule has 0 spiro atoms. The molecule has 2 bridgehead atoms. The van der Waals surface area contributed by atoms with Gasteiger partial charge in [-0.3, -0.25) is 0 Å². The summed E-state index contributed by atoms with van der Waals surface area (Å²) in [6, 6.07) is 0. The third kappa shape index (κ3) is 3.84. The Bertz CT molecular complexity index is 912. The van der Waals surface area contributed by atoms with Crippen LogP contribution in [0, 0.1) is 35.5 Å². The number of rotatable bonds is 9. The molecule has 0 saturated heterocycles. The minimum Gasteiger partial charge on any atom is -0.463 e. The summed E-state index contributed by atoms with van der Waals surface area (Å²) in [4.78, 5) is 40.0. The predicted octanol–water partition coefficient (Wildman–Crippen LogP) is 3.39. The summed E-state index contributed by atoms with van der Waals surface area (Å²) < 4.78 is 22.0. The van der Waals surface area contributed by atoms with Crippen molar-refractivity contribution >= 4 is 17.9 Å². The minimum atomic E-state index is -0.681. The molecule has 0 amide bonds. The van der Waals surface area contributed by atoms with Crippen LogP contribution >= 0.6 is 0 Å². The molecule has 180 valence electrons. The fourth-order valence-corrected chi connectivity index (χ4v) is 6.77. The highest BCUT2D eigenvalue weighted by Gasteiger charge is 2.63. The van der Waals surface area contributed by atoms with E-state index in [2.05, 4.69) is 12.2 Å². The van der Waals surface area contributed by atoms with Crippen molar-refractivity contribution in [3.05, 3.63) is 34.4 Å². The second kappa shape index (κ2) is 9.84. The van der Waals surface area contributed by atoms with Crippen LogP contribution in [0.25, 0.3) is 0 Å². The van der Waals surface area contributed by atoms with Gasteiger partial charge in [0, 0.05) is 12.5 Å². The molecule has 7 nitrogen and oxygen atoms in total. The molecule has 2 fully saturated rings. The van der Waals surface area contributed by atoms with E-state index >= 15 is 0 Å². The lowest BCUT2D eigenvalue weighted by Gasteiger charge is -2.43. The monoisotopic (exact) mass is 458 g/mol. The van der Waals surface area contributed by atoms with Gasteiger partial charge in [0.25, 0.3) is 0 Å². The second-order valence-corrected chi connectivity index (χ2v) is 9.01. The molecule has 0 aromatic rings. The zero-order chi connectivity index (χ0) is 23.7. The summed E-state index contributed by atoms with van der Waals surface area (Å²) in [6.07, 6.45) is 6.46. The number of carbonyl (C=O) groups excluding carboxylic acids is 3. The largest absolute Gasteiger partial charge is 0.463 e. The van der Waals surface area contributed by atoms with Crippen molar-refractivity contribution in [2.24, 2.45) is 35.5 Å². The first-order chi connectivity index (χ1) is 16.0. The van der Waals surface area contributed by atoms with Crippen molar-refractivity contribution in [2.75, 3.05) is 33.0 Å². The minimum absolute atomic E-state index is 0.0137. The number of esters is 3. The average molecular weight is 459 g/mol. The van der Waals surface area contributed by atoms with Crippen molar-refractivity contribution in [2.45, 2.75) is 40.5 Å². The molecule has 0 aromatic carbocycles. The Kier molecular flexibility index (Phi) is 7.07. The Balaban J connectivity index is 1.96. The van der Waals surface area contributed by atoms with Crippen molar-refractivity contribution in [3.63, 3.8) is 0 Å². The predicted molar refractivity (Wildman–Crippen MR) is 120 cm³/mol. The quantitative estimate of drug-likeness (QED) is 0.297. The van der Waals surface area contributed by atoms with Crippen LogP contribution < -0.4 is 0 Å². The lowest BCUT2D eigenvalue weighted by molar-refractivity contribution is -0.144. The zero-order valence-electron chi connectivity index (χ0n) is 19.9. The fraction of sp³-hybridized carbons (Fsp3) is 0.654. The van der Waals surface area contributed by atoms with E-state index in [0.29, 0.717) is 24.0 Å². The first-order valence-electron chi connectivity index (χ1n) is 12.2. The molecular weight excluding hydrogens is 424 g/mol. The molecule has 4 rings (SSSR count). The Labute approximate surface area is 195 Å². The van der Waals surface area contributed by atoms with E-state index in [4.69, 9.17) is 18.9 Å². The summed E-state index contributed by atoms with van der Waals surface area (Å²) in [5, 5.41) is 0. The SMILES string of the molecule is CCOCC1=C(C(=O)OCC)C(C(=O)OCC)=C(C(=O)OCC)C2C1[C@@H]1C[C@H]2[C@@H]2CC=C[C@@H]21. The molecule has 7 heteroatoms. The molecule has 4 aliphatic carbocycles. The first kappa shape index (κ1) is 23.7. The summed E-state index contributed by atoms with van der Waals surface area (Å²) in [5.74, 6) is -0.697.